The lowest BCUT2D eigenvalue weighted by atomic mass is 10.1. The van der Waals surface area contributed by atoms with Gasteiger partial charge < -0.3 is 0 Å². The van der Waals surface area contributed by atoms with Gasteiger partial charge in [-0.3, -0.25) is 4.79 Å². The van der Waals surface area contributed by atoms with Crippen molar-refractivity contribution in [3.63, 3.8) is 0 Å². The minimum atomic E-state index is -3.58. The first-order valence-electron chi connectivity index (χ1n) is 5.05. The molecule has 1 aliphatic heterocycles. The van der Waals surface area contributed by atoms with E-state index in [1.165, 1.54) is 13.8 Å². The van der Waals surface area contributed by atoms with Gasteiger partial charge in [-0.05, 0) is 38.5 Å². The van der Waals surface area contributed by atoms with Gasteiger partial charge in [0.25, 0.3) is 15.9 Å². The minimum Gasteiger partial charge on any atom is -0.272 e. The van der Waals surface area contributed by atoms with Crippen LogP contribution in [0.1, 0.15) is 19.4 Å². The summed E-state index contributed by atoms with van der Waals surface area (Å²) in [6.07, 6.45) is 0. The summed E-state index contributed by atoms with van der Waals surface area (Å²) in [6, 6.07) is 5.15. The van der Waals surface area contributed by atoms with Gasteiger partial charge in [-0.1, -0.05) is 22.0 Å². The zero-order valence-electron chi connectivity index (χ0n) is 9.69. The van der Waals surface area contributed by atoms with E-state index in [0.29, 0.717) is 5.69 Å². The van der Waals surface area contributed by atoms with E-state index in [0.717, 1.165) is 14.3 Å². The molecular formula is C11H12BrNO3S. The number of carbonyl (C=O) groups excluding carboxylic acids is 1. The number of rotatable bonds is 1. The van der Waals surface area contributed by atoms with E-state index >= 15 is 0 Å². The Morgan fingerprint density at radius 3 is 2.41 bits per heavy atom. The van der Waals surface area contributed by atoms with Gasteiger partial charge in [0.1, 0.15) is 0 Å². The fourth-order valence-electron chi connectivity index (χ4n) is 1.71. The number of hydrogen-bond donors (Lipinski definition) is 0. The molecule has 4 nitrogen and oxygen atoms in total. The van der Waals surface area contributed by atoms with Crippen LogP contribution in [-0.2, 0) is 14.8 Å². The lowest BCUT2D eigenvalue weighted by Gasteiger charge is -2.43. The van der Waals surface area contributed by atoms with Crippen molar-refractivity contribution in [3.05, 3.63) is 28.2 Å². The number of benzene rings is 1. The number of carbonyl (C=O) groups is 1. The number of anilines is 1. The summed E-state index contributed by atoms with van der Waals surface area (Å²) < 4.78 is 24.4. The number of halogens is 1. The monoisotopic (exact) mass is 317 g/mol. The molecule has 1 saturated heterocycles. The maximum atomic E-state index is 12.0. The smallest absolute Gasteiger partial charge is 0.263 e. The molecule has 0 aromatic heterocycles. The Bertz CT molecular complexity index is 607. The van der Waals surface area contributed by atoms with E-state index in [1.54, 1.807) is 25.1 Å². The highest BCUT2D eigenvalue weighted by atomic mass is 79.9. The molecular weight excluding hydrogens is 306 g/mol. The summed E-state index contributed by atoms with van der Waals surface area (Å²) in [7, 11) is -3.58. The summed E-state index contributed by atoms with van der Waals surface area (Å²) >= 11 is 3.32. The van der Waals surface area contributed by atoms with Gasteiger partial charge in [-0.15, -0.1) is 0 Å². The van der Waals surface area contributed by atoms with Crippen molar-refractivity contribution in [2.24, 2.45) is 0 Å². The predicted octanol–water partition coefficient (Wildman–Crippen LogP) is 2.21. The predicted molar refractivity (Wildman–Crippen MR) is 69.4 cm³/mol. The molecule has 0 N–H and O–H groups in total. The van der Waals surface area contributed by atoms with Crippen molar-refractivity contribution in [2.75, 3.05) is 4.31 Å². The third-order valence-electron chi connectivity index (χ3n) is 3.04. The molecule has 1 fully saturated rings. The first-order valence-corrected chi connectivity index (χ1v) is 7.29. The molecule has 1 aliphatic rings. The van der Waals surface area contributed by atoms with Crippen LogP contribution in [0.15, 0.2) is 22.7 Å². The van der Waals surface area contributed by atoms with E-state index in [9.17, 15) is 13.2 Å². The van der Waals surface area contributed by atoms with Crippen LogP contribution < -0.4 is 4.31 Å². The van der Waals surface area contributed by atoms with Crippen LogP contribution in [0.4, 0.5) is 5.69 Å². The van der Waals surface area contributed by atoms with Crippen molar-refractivity contribution >= 4 is 37.5 Å². The maximum absolute atomic E-state index is 12.0. The molecule has 0 aliphatic carbocycles. The van der Waals surface area contributed by atoms with Gasteiger partial charge in [0.15, 0.2) is 4.75 Å². The quantitative estimate of drug-likeness (QED) is 0.798. The van der Waals surface area contributed by atoms with Gasteiger partial charge in [-0.25, -0.2) is 12.7 Å². The molecule has 92 valence electrons. The average molecular weight is 318 g/mol. The van der Waals surface area contributed by atoms with Crippen LogP contribution in [0.2, 0.25) is 0 Å². The van der Waals surface area contributed by atoms with Gasteiger partial charge in [0.05, 0.1) is 5.69 Å². The molecule has 2 rings (SSSR count). The Kier molecular flexibility index (Phi) is 2.63. The van der Waals surface area contributed by atoms with E-state index in [4.69, 9.17) is 0 Å². The van der Waals surface area contributed by atoms with E-state index in [1.807, 2.05) is 0 Å². The van der Waals surface area contributed by atoms with Crippen LogP contribution >= 0.6 is 15.9 Å². The Labute approximate surface area is 109 Å². The molecule has 0 radical (unpaired) electrons. The topological polar surface area (TPSA) is 54.5 Å². The van der Waals surface area contributed by atoms with Gasteiger partial charge in [-0.2, -0.15) is 0 Å². The van der Waals surface area contributed by atoms with Gasteiger partial charge in [0, 0.05) is 4.47 Å². The minimum absolute atomic E-state index is 0.390. The number of hydrogen-bond acceptors (Lipinski definition) is 3. The third-order valence-corrected chi connectivity index (χ3v) is 6.21. The van der Waals surface area contributed by atoms with Crippen LogP contribution in [-0.4, -0.2) is 19.1 Å². The fraction of sp³-hybridized carbons (Fsp3) is 0.364. The second kappa shape index (κ2) is 3.55. The fourth-order valence-corrected chi connectivity index (χ4v) is 3.60. The second-order valence-electron chi connectivity index (χ2n) is 4.47. The van der Waals surface area contributed by atoms with Crippen molar-refractivity contribution in [2.45, 2.75) is 25.5 Å². The number of amides is 1. The van der Waals surface area contributed by atoms with E-state index in [2.05, 4.69) is 15.9 Å². The SMILES string of the molecule is Cc1c(Br)cccc1N1C(=O)C(C)(C)S1(=O)=O. The van der Waals surface area contributed by atoms with E-state index < -0.39 is 20.7 Å². The van der Waals surface area contributed by atoms with Gasteiger partial charge >= 0.3 is 0 Å². The molecule has 6 heteroatoms. The third kappa shape index (κ3) is 1.47. The van der Waals surface area contributed by atoms with E-state index in [-0.39, 0.29) is 0 Å². The standard InChI is InChI=1S/C11H12BrNO3S/c1-7-8(12)5-4-6-9(7)13-10(14)11(2,3)17(13,15)16/h4-6H,1-3H3. The first-order chi connectivity index (χ1) is 7.71. The van der Waals surface area contributed by atoms with Crippen molar-refractivity contribution < 1.29 is 13.2 Å². The zero-order chi connectivity index (χ0) is 13.0. The molecule has 1 amide bonds. The molecule has 1 heterocycles. The molecule has 1 aromatic rings. The molecule has 0 bridgehead atoms. The highest BCUT2D eigenvalue weighted by Crippen LogP contribution is 2.41. The molecule has 0 saturated carbocycles. The highest BCUT2D eigenvalue weighted by Gasteiger charge is 2.61. The Morgan fingerprint density at radius 2 is 1.88 bits per heavy atom. The first kappa shape index (κ1) is 12.6. The largest absolute Gasteiger partial charge is 0.272 e. The summed E-state index contributed by atoms with van der Waals surface area (Å²) in [5.41, 5.74) is 1.16. The summed E-state index contributed by atoms with van der Waals surface area (Å²) in [5.74, 6) is -0.390. The van der Waals surface area contributed by atoms with Crippen LogP contribution in [0.3, 0.4) is 0 Å². The van der Waals surface area contributed by atoms with Crippen molar-refractivity contribution in [1.29, 1.82) is 0 Å². The number of nitrogens with zero attached hydrogens (tertiary/aromatic N) is 1. The lowest BCUT2D eigenvalue weighted by Crippen LogP contribution is -2.67. The van der Waals surface area contributed by atoms with Gasteiger partial charge in [0.2, 0.25) is 0 Å². The summed E-state index contributed by atoms with van der Waals surface area (Å²) in [4.78, 5) is 11.9. The lowest BCUT2D eigenvalue weighted by molar-refractivity contribution is -0.120. The number of sulfonamides is 1. The van der Waals surface area contributed by atoms with Crippen molar-refractivity contribution in [1.82, 2.24) is 0 Å². The highest BCUT2D eigenvalue weighted by molar-refractivity contribution is 9.10. The molecule has 17 heavy (non-hydrogen) atoms. The summed E-state index contributed by atoms with van der Waals surface area (Å²) in [5, 5.41) is 0. The normalized spacial score (nSPS) is 21.2. The molecule has 0 atom stereocenters. The maximum Gasteiger partial charge on any atom is 0.263 e. The molecule has 0 spiro atoms. The summed E-state index contributed by atoms with van der Waals surface area (Å²) in [6.45, 7) is 4.62. The van der Waals surface area contributed by atoms with Crippen LogP contribution in [0.5, 0.6) is 0 Å². The van der Waals surface area contributed by atoms with Crippen LogP contribution in [0.25, 0.3) is 0 Å². The zero-order valence-corrected chi connectivity index (χ0v) is 12.1. The Hall–Kier alpha value is -0.880. The molecule has 0 unspecified atom stereocenters. The Morgan fingerprint density at radius 1 is 1.29 bits per heavy atom. The van der Waals surface area contributed by atoms with Crippen molar-refractivity contribution in [3.8, 4) is 0 Å². The average Bonchev–Trinajstić information content (AvgIpc) is 2.24. The molecule has 1 aromatic carbocycles. The Balaban J connectivity index is 2.59. The van der Waals surface area contributed by atoms with Crippen LogP contribution in [0, 0.1) is 6.92 Å². The second-order valence-corrected chi connectivity index (χ2v) is 7.66.